The number of hydrogen-bond donors (Lipinski definition) is 1. The Morgan fingerprint density at radius 3 is 2.67 bits per heavy atom. The number of hydrogen-bond acceptors (Lipinski definition) is 2. The first-order chi connectivity index (χ1) is 4.33. The maximum Gasteiger partial charge on any atom is 0.0910 e. The molecule has 1 atom stereocenters. The van der Waals surface area contributed by atoms with Crippen LogP contribution in [-0.2, 0) is 4.74 Å². The van der Waals surface area contributed by atoms with Crippen LogP contribution in [0.25, 0.3) is 0 Å². The summed E-state index contributed by atoms with van der Waals surface area (Å²) in [5, 5.41) is 8.89. The summed E-state index contributed by atoms with van der Waals surface area (Å²) < 4.78 is 5.39. The summed E-state index contributed by atoms with van der Waals surface area (Å²) in [6, 6.07) is 0. The highest BCUT2D eigenvalue weighted by atomic mass is 16.5. The molecule has 0 aromatic heterocycles. The van der Waals surface area contributed by atoms with E-state index in [2.05, 4.69) is 6.92 Å². The molecule has 1 aliphatic heterocycles. The zero-order valence-electron chi connectivity index (χ0n) is 5.89. The van der Waals surface area contributed by atoms with Gasteiger partial charge in [0, 0.05) is 6.61 Å². The highest BCUT2D eigenvalue weighted by Crippen LogP contribution is 2.27. The van der Waals surface area contributed by atoms with Crippen molar-refractivity contribution in [2.75, 3.05) is 13.2 Å². The molecule has 1 rings (SSSR count). The van der Waals surface area contributed by atoms with Crippen molar-refractivity contribution < 1.29 is 9.84 Å². The van der Waals surface area contributed by atoms with Crippen LogP contribution in [0.1, 0.15) is 26.2 Å². The molecule has 0 aliphatic carbocycles. The standard InChI is InChI=1S/C7H14O2/c1-2-7(6-8)4-3-5-9-7/h8H,2-6H2,1H3. The zero-order valence-corrected chi connectivity index (χ0v) is 5.89. The third-order valence-electron chi connectivity index (χ3n) is 2.12. The van der Waals surface area contributed by atoms with Crippen LogP contribution in [0.2, 0.25) is 0 Å². The van der Waals surface area contributed by atoms with Gasteiger partial charge in [-0.2, -0.15) is 0 Å². The van der Waals surface area contributed by atoms with Gasteiger partial charge in [0.1, 0.15) is 0 Å². The van der Waals surface area contributed by atoms with Crippen molar-refractivity contribution in [3.8, 4) is 0 Å². The van der Waals surface area contributed by atoms with Gasteiger partial charge in [-0.25, -0.2) is 0 Å². The smallest absolute Gasteiger partial charge is 0.0910 e. The molecule has 0 saturated carbocycles. The van der Waals surface area contributed by atoms with Crippen molar-refractivity contribution in [3.05, 3.63) is 0 Å². The molecule has 1 saturated heterocycles. The Hall–Kier alpha value is -0.0800. The van der Waals surface area contributed by atoms with E-state index >= 15 is 0 Å². The highest BCUT2D eigenvalue weighted by molar-refractivity contribution is 4.82. The molecule has 9 heavy (non-hydrogen) atoms. The largest absolute Gasteiger partial charge is 0.393 e. The zero-order chi connectivity index (χ0) is 6.74. The van der Waals surface area contributed by atoms with Gasteiger partial charge in [-0.1, -0.05) is 6.92 Å². The van der Waals surface area contributed by atoms with Crippen LogP contribution < -0.4 is 0 Å². The van der Waals surface area contributed by atoms with Crippen LogP contribution >= 0.6 is 0 Å². The van der Waals surface area contributed by atoms with Gasteiger partial charge in [0.15, 0.2) is 0 Å². The Balaban J connectivity index is 2.45. The molecule has 54 valence electrons. The monoisotopic (exact) mass is 130 g/mol. The molecule has 1 fully saturated rings. The van der Waals surface area contributed by atoms with Crippen molar-refractivity contribution in [3.63, 3.8) is 0 Å². The quantitative estimate of drug-likeness (QED) is 0.602. The summed E-state index contributed by atoms with van der Waals surface area (Å²) in [7, 11) is 0. The lowest BCUT2D eigenvalue weighted by molar-refractivity contribution is -0.0405. The van der Waals surface area contributed by atoms with Gasteiger partial charge < -0.3 is 9.84 Å². The second-order valence-electron chi connectivity index (χ2n) is 2.65. The average molecular weight is 130 g/mol. The number of ether oxygens (including phenoxy) is 1. The van der Waals surface area contributed by atoms with Crippen LogP contribution in [-0.4, -0.2) is 23.9 Å². The number of aliphatic hydroxyl groups is 1. The minimum Gasteiger partial charge on any atom is -0.393 e. The Morgan fingerprint density at radius 1 is 1.67 bits per heavy atom. The first kappa shape index (κ1) is 7.03. The molecule has 0 radical (unpaired) electrons. The first-order valence-corrected chi connectivity index (χ1v) is 3.58. The highest BCUT2D eigenvalue weighted by Gasteiger charge is 2.31. The van der Waals surface area contributed by atoms with E-state index in [-0.39, 0.29) is 12.2 Å². The molecule has 2 heteroatoms. The predicted molar refractivity (Wildman–Crippen MR) is 35.3 cm³/mol. The molecular formula is C7H14O2. The van der Waals surface area contributed by atoms with Gasteiger partial charge in [-0.3, -0.25) is 0 Å². The normalized spacial score (nSPS) is 35.3. The summed E-state index contributed by atoms with van der Waals surface area (Å²) in [5.74, 6) is 0. The van der Waals surface area contributed by atoms with Crippen molar-refractivity contribution in [2.24, 2.45) is 0 Å². The third kappa shape index (κ3) is 1.25. The van der Waals surface area contributed by atoms with Gasteiger partial charge in [-0.05, 0) is 19.3 Å². The molecule has 2 nitrogen and oxygen atoms in total. The van der Waals surface area contributed by atoms with Crippen molar-refractivity contribution in [1.82, 2.24) is 0 Å². The second kappa shape index (κ2) is 2.67. The van der Waals surface area contributed by atoms with Gasteiger partial charge >= 0.3 is 0 Å². The van der Waals surface area contributed by atoms with Crippen LogP contribution in [0.15, 0.2) is 0 Å². The maximum atomic E-state index is 8.89. The number of aliphatic hydroxyl groups excluding tert-OH is 1. The molecule has 0 aromatic carbocycles. The Labute approximate surface area is 55.8 Å². The minimum atomic E-state index is -0.167. The lowest BCUT2D eigenvalue weighted by atomic mass is 9.98. The van der Waals surface area contributed by atoms with Gasteiger partial charge in [0.05, 0.1) is 12.2 Å². The topological polar surface area (TPSA) is 29.5 Å². The predicted octanol–water partition coefficient (Wildman–Crippen LogP) is 0.938. The molecule has 0 bridgehead atoms. The minimum absolute atomic E-state index is 0.167. The van der Waals surface area contributed by atoms with E-state index in [0.717, 1.165) is 25.9 Å². The Morgan fingerprint density at radius 2 is 2.44 bits per heavy atom. The molecule has 0 amide bonds. The van der Waals surface area contributed by atoms with E-state index in [4.69, 9.17) is 9.84 Å². The van der Waals surface area contributed by atoms with Crippen molar-refractivity contribution >= 4 is 0 Å². The molecule has 0 spiro atoms. The van der Waals surface area contributed by atoms with Crippen LogP contribution in [0.3, 0.4) is 0 Å². The second-order valence-corrected chi connectivity index (χ2v) is 2.65. The molecule has 0 aromatic rings. The fourth-order valence-corrected chi connectivity index (χ4v) is 1.27. The third-order valence-corrected chi connectivity index (χ3v) is 2.12. The van der Waals surface area contributed by atoms with Crippen LogP contribution in [0.4, 0.5) is 0 Å². The molecule has 1 aliphatic rings. The van der Waals surface area contributed by atoms with Crippen molar-refractivity contribution in [1.29, 1.82) is 0 Å². The van der Waals surface area contributed by atoms with E-state index in [1.165, 1.54) is 0 Å². The summed E-state index contributed by atoms with van der Waals surface area (Å²) in [6.07, 6.45) is 3.07. The molecule has 1 N–H and O–H groups in total. The summed E-state index contributed by atoms with van der Waals surface area (Å²) in [6.45, 7) is 3.07. The Bertz CT molecular complexity index is 78.9. The fourth-order valence-electron chi connectivity index (χ4n) is 1.27. The van der Waals surface area contributed by atoms with Gasteiger partial charge in [0.2, 0.25) is 0 Å². The average Bonchev–Trinajstić information content (AvgIpc) is 2.36. The van der Waals surface area contributed by atoms with Crippen LogP contribution in [0.5, 0.6) is 0 Å². The summed E-state index contributed by atoms with van der Waals surface area (Å²) in [4.78, 5) is 0. The Kier molecular flexibility index (Phi) is 2.09. The lowest BCUT2D eigenvalue weighted by Crippen LogP contribution is -2.30. The summed E-state index contributed by atoms with van der Waals surface area (Å²) >= 11 is 0. The van der Waals surface area contributed by atoms with E-state index in [1.54, 1.807) is 0 Å². The lowest BCUT2D eigenvalue weighted by Gasteiger charge is -2.23. The maximum absolute atomic E-state index is 8.89. The SMILES string of the molecule is CCC1(CO)CCCO1. The van der Waals surface area contributed by atoms with E-state index < -0.39 is 0 Å². The van der Waals surface area contributed by atoms with Gasteiger partial charge in [0.25, 0.3) is 0 Å². The summed E-state index contributed by atoms with van der Waals surface area (Å²) in [5.41, 5.74) is -0.167. The molecular weight excluding hydrogens is 116 g/mol. The molecule has 1 unspecified atom stereocenters. The van der Waals surface area contributed by atoms with Crippen molar-refractivity contribution in [2.45, 2.75) is 31.8 Å². The number of rotatable bonds is 2. The fraction of sp³-hybridized carbons (Fsp3) is 1.00. The van der Waals surface area contributed by atoms with E-state index in [9.17, 15) is 0 Å². The molecule has 1 heterocycles. The van der Waals surface area contributed by atoms with E-state index in [1.807, 2.05) is 0 Å². The van der Waals surface area contributed by atoms with Gasteiger partial charge in [-0.15, -0.1) is 0 Å². The van der Waals surface area contributed by atoms with E-state index in [0.29, 0.717) is 0 Å². The van der Waals surface area contributed by atoms with Crippen LogP contribution in [0, 0.1) is 0 Å². The first-order valence-electron chi connectivity index (χ1n) is 3.58.